The molecule has 0 bridgehead atoms. The molecule has 1 fully saturated rings. The molecule has 1 aliphatic heterocycles. The largest absolute Gasteiger partial charge is 0.354 e. The molecule has 134 valence electrons. The summed E-state index contributed by atoms with van der Waals surface area (Å²) in [6.45, 7) is 4.92. The summed E-state index contributed by atoms with van der Waals surface area (Å²) in [5.41, 5.74) is 0. The summed E-state index contributed by atoms with van der Waals surface area (Å²) in [4.78, 5) is 14.4. The number of halogens is 1. The van der Waals surface area contributed by atoms with Crippen LogP contribution in [0.25, 0.3) is 0 Å². The van der Waals surface area contributed by atoms with Crippen molar-refractivity contribution >= 4 is 31.9 Å². The van der Waals surface area contributed by atoms with Gasteiger partial charge in [-0.2, -0.15) is 0 Å². The van der Waals surface area contributed by atoms with Gasteiger partial charge >= 0.3 is 0 Å². The van der Waals surface area contributed by atoms with Crippen LogP contribution in [0.15, 0.2) is 33.6 Å². The summed E-state index contributed by atoms with van der Waals surface area (Å²) in [7, 11) is -3.58. The molecule has 1 heterocycles. The zero-order valence-corrected chi connectivity index (χ0v) is 16.2. The van der Waals surface area contributed by atoms with Crippen molar-refractivity contribution < 1.29 is 13.2 Å². The molecule has 0 radical (unpaired) electrons. The van der Waals surface area contributed by atoms with E-state index in [2.05, 4.69) is 37.8 Å². The molecule has 2 rings (SSSR count). The molecule has 0 saturated carbocycles. The number of benzene rings is 1. The Morgan fingerprint density at radius 2 is 2.04 bits per heavy atom. The molecular weight excluding hydrogens is 394 g/mol. The number of rotatable bonds is 8. The van der Waals surface area contributed by atoms with Crippen LogP contribution in [0.3, 0.4) is 0 Å². The van der Waals surface area contributed by atoms with Crippen LogP contribution in [0, 0.1) is 0 Å². The van der Waals surface area contributed by atoms with Gasteiger partial charge in [0.1, 0.15) is 0 Å². The highest BCUT2D eigenvalue weighted by atomic mass is 79.9. The van der Waals surface area contributed by atoms with Gasteiger partial charge in [0.15, 0.2) is 0 Å². The fourth-order valence-corrected chi connectivity index (χ4v) is 4.15. The van der Waals surface area contributed by atoms with Crippen LogP contribution in [0.2, 0.25) is 0 Å². The number of nitrogens with zero attached hydrogens (tertiary/aromatic N) is 1. The standard InChI is InChI=1S/C16H24BrN3O3S/c1-2-20-11-3-4-14(20)12-18-16(21)9-10-19-24(22,23)15-7-5-13(17)6-8-15/h5-8,14,19H,2-4,9-12H2,1H3,(H,18,21)/t14-/m0/s1. The molecular formula is C16H24BrN3O3S. The lowest BCUT2D eigenvalue weighted by Crippen LogP contribution is -2.40. The minimum absolute atomic E-state index is 0.0897. The van der Waals surface area contributed by atoms with Crippen molar-refractivity contribution in [1.82, 2.24) is 14.9 Å². The molecule has 1 aromatic rings. The van der Waals surface area contributed by atoms with Crippen molar-refractivity contribution in [3.05, 3.63) is 28.7 Å². The molecule has 0 aromatic heterocycles. The second-order valence-corrected chi connectivity index (χ2v) is 8.51. The Labute approximate surface area is 152 Å². The first-order valence-corrected chi connectivity index (χ1v) is 10.5. The summed E-state index contributed by atoms with van der Waals surface area (Å²) in [5, 5.41) is 2.90. The Kier molecular flexibility index (Phi) is 7.21. The number of likely N-dealkylation sites (N-methyl/N-ethyl adjacent to an activating group) is 1. The first-order valence-electron chi connectivity index (χ1n) is 8.18. The molecule has 1 aromatic carbocycles. The number of likely N-dealkylation sites (tertiary alicyclic amines) is 1. The first-order chi connectivity index (χ1) is 11.4. The van der Waals surface area contributed by atoms with Gasteiger partial charge < -0.3 is 5.32 Å². The minimum Gasteiger partial charge on any atom is -0.354 e. The van der Waals surface area contributed by atoms with Crippen molar-refractivity contribution in [2.24, 2.45) is 0 Å². The van der Waals surface area contributed by atoms with Gasteiger partial charge in [0.25, 0.3) is 0 Å². The maximum absolute atomic E-state index is 12.1. The first kappa shape index (κ1) is 19.4. The van der Waals surface area contributed by atoms with Crippen molar-refractivity contribution in [3.63, 3.8) is 0 Å². The van der Waals surface area contributed by atoms with Gasteiger partial charge in [0.2, 0.25) is 15.9 Å². The van der Waals surface area contributed by atoms with Crippen molar-refractivity contribution in [2.45, 2.75) is 37.1 Å². The quantitative estimate of drug-likeness (QED) is 0.674. The molecule has 1 aliphatic rings. The second-order valence-electron chi connectivity index (χ2n) is 5.83. The van der Waals surface area contributed by atoms with E-state index >= 15 is 0 Å². The number of hydrogen-bond donors (Lipinski definition) is 2. The second kappa shape index (κ2) is 8.94. The third kappa shape index (κ3) is 5.54. The maximum atomic E-state index is 12.1. The van der Waals surface area contributed by atoms with Crippen LogP contribution >= 0.6 is 15.9 Å². The molecule has 2 N–H and O–H groups in total. The Bertz CT molecular complexity index is 649. The van der Waals surface area contributed by atoms with Crippen molar-refractivity contribution in [1.29, 1.82) is 0 Å². The molecule has 1 atom stereocenters. The number of hydrogen-bond acceptors (Lipinski definition) is 4. The van der Waals surface area contributed by atoms with Crippen LogP contribution in [-0.4, -0.2) is 51.4 Å². The van der Waals surface area contributed by atoms with E-state index in [0.29, 0.717) is 12.6 Å². The monoisotopic (exact) mass is 417 g/mol. The Hall–Kier alpha value is -0.960. The van der Waals surface area contributed by atoms with Crippen LogP contribution in [-0.2, 0) is 14.8 Å². The summed E-state index contributed by atoms with van der Waals surface area (Å²) >= 11 is 3.27. The molecule has 1 saturated heterocycles. The summed E-state index contributed by atoms with van der Waals surface area (Å²) in [6, 6.07) is 6.78. The van der Waals surface area contributed by atoms with Crippen molar-refractivity contribution in [3.8, 4) is 0 Å². The highest BCUT2D eigenvalue weighted by Crippen LogP contribution is 2.16. The lowest BCUT2D eigenvalue weighted by Gasteiger charge is -2.22. The Morgan fingerprint density at radius 1 is 1.33 bits per heavy atom. The Balaban J connectivity index is 1.73. The summed E-state index contributed by atoms with van der Waals surface area (Å²) in [6.07, 6.45) is 2.40. The summed E-state index contributed by atoms with van der Waals surface area (Å²) < 4.78 is 27.5. The highest BCUT2D eigenvalue weighted by molar-refractivity contribution is 9.10. The fourth-order valence-electron chi connectivity index (χ4n) is 2.86. The van der Waals surface area contributed by atoms with Crippen LogP contribution in [0.1, 0.15) is 26.2 Å². The van der Waals surface area contributed by atoms with E-state index in [1.807, 2.05) is 0 Å². The normalized spacial score (nSPS) is 18.7. The molecule has 6 nitrogen and oxygen atoms in total. The lowest BCUT2D eigenvalue weighted by atomic mass is 10.2. The van der Waals surface area contributed by atoms with E-state index in [1.54, 1.807) is 12.1 Å². The lowest BCUT2D eigenvalue weighted by molar-refractivity contribution is -0.121. The van der Waals surface area contributed by atoms with E-state index < -0.39 is 10.0 Å². The number of nitrogens with one attached hydrogen (secondary N) is 2. The third-order valence-corrected chi connectivity index (χ3v) is 6.21. The predicted molar refractivity (Wildman–Crippen MR) is 97.2 cm³/mol. The molecule has 0 spiro atoms. The Morgan fingerprint density at radius 3 is 2.71 bits per heavy atom. The van der Waals surface area contributed by atoms with Crippen LogP contribution in [0.5, 0.6) is 0 Å². The SMILES string of the molecule is CCN1CCC[C@H]1CNC(=O)CCNS(=O)(=O)c1ccc(Br)cc1. The number of carbonyl (C=O) groups excluding carboxylic acids is 1. The van der Waals surface area contributed by atoms with E-state index in [9.17, 15) is 13.2 Å². The third-order valence-electron chi connectivity index (χ3n) is 4.21. The molecule has 24 heavy (non-hydrogen) atoms. The zero-order chi connectivity index (χ0) is 17.6. The van der Waals surface area contributed by atoms with Crippen LogP contribution in [0.4, 0.5) is 0 Å². The average molecular weight is 418 g/mol. The molecule has 0 unspecified atom stereocenters. The molecule has 0 aliphatic carbocycles. The van der Waals surface area contributed by atoms with Gasteiger partial charge in [-0.1, -0.05) is 22.9 Å². The zero-order valence-electron chi connectivity index (χ0n) is 13.8. The number of amides is 1. The van der Waals surface area contributed by atoms with Gasteiger partial charge in [-0.15, -0.1) is 0 Å². The summed E-state index contributed by atoms with van der Waals surface area (Å²) in [5.74, 6) is -0.128. The molecule has 8 heteroatoms. The smallest absolute Gasteiger partial charge is 0.240 e. The minimum atomic E-state index is -3.58. The van der Waals surface area contributed by atoms with E-state index in [-0.39, 0.29) is 23.8 Å². The molecule has 1 amide bonds. The van der Waals surface area contributed by atoms with Crippen molar-refractivity contribution in [2.75, 3.05) is 26.2 Å². The average Bonchev–Trinajstić information content (AvgIpc) is 3.00. The number of sulfonamides is 1. The predicted octanol–water partition coefficient (Wildman–Crippen LogP) is 1.72. The van der Waals surface area contributed by atoms with E-state index in [4.69, 9.17) is 0 Å². The number of carbonyl (C=O) groups is 1. The van der Waals surface area contributed by atoms with Gasteiger partial charge in [-0.25, -0.2) is 13.1 Å². The maximum Gasteiger partial charge on any atom is 0.240 e. The topological polar surface area (TPSA) is 78.5 Å². The van der Waals surface area contributed by atoms with Crippen LogP contribution < -0.4 is 10.0 Å². The van der Waals surface area contributed by atoms with Gasteiger partial charge in [-0.3, -0.25) is 9.69 Å². The van der Waals surface area contributed by atoms with Gasteiger partial charge in [0, 0.05) is 30.0 Å². The fraction of sp³-hybridized carbons (Fsp3) is 0.562. The van der Waals surface area contributed by atoms with Gasteiger partial charge in [0.05, 0.1) is 4.90 Å². The van der Waals surface area contributed by atoms with E-state index in [0.717, 1.165) is 24.0 Å². The highest BCUT2D eigenvalue weighted by Gasteiger charge is 2.23. The van der Waals surface area contributed by atoms with Gasteiger partial charge in [-0.05, 0) is 50.2 Å². The van der Waals surface area contributed by atoms with E-state index in [1.165, 1.54) is 18.6 Å².